The van der Waals surface area contributed by atoms with Crippen LogP contribution in [0.5, 0.6) is 0 Å². The monoisotopic (exact) mass is 537 g/mol. The van der Waals surface area contributed by atoms with Gasteiger partial charge in [-0.3, -0.25) is 14.3 Å². The number of furan rings is 1. The maximum Gasteiger partial charge on any atom is 0.191 e. The number of likely N-dealkylation sites (tertiary alicyclic amines) is 1. The van der Waals surface area contributed by atoms with Gasteiger partial charge in [0.15, 0.2) is 11.6 Å². The fraction of sp³-hybridized carbons (Fsp3) is 0.500. The molecule has 1 aliphatic rings. The summed E-state index contributed by atoms with van der Waals surface area (Å²) in [5.41, 5.74) is 0.890. The van der Waals surface area contributed by atoms with Crippen LogP contribution in [0.1, 0.15) is 43.8 Å². The van der Waals surface area contributed by atoms with Crippen LogP contribution in [0.3, 0.4) is 0 Å². The van der Waals surface area contributed by atoms with Crippen molar-refractivity contribution in [3.63, 3.8) is 0 Å². The number of nitrogens with one attached hydrogen (secondary N) is 2. The van der Waals surface area contributed by atoms with Crippen LogP contribution in [0.15, 0.2) is 52.2 Å². The molecule has 4 heterocycles. The Morgan fingerprint density at radius 2 is 2.03 bits per heavy atom. The first kappa shape index (κ1) is 23.5. The van der Waals surface area contributed by atoms with Crippen molar-refractivity contribution in [3.8, 4) is 0 Å². The molecule has 4 rings (SSSR count). The minimum Gasteiger partial charge on any atom is -0.468 e. The van der Waals surface area contributed by atoms with E-state index in [0.29, 0.717) is 6.54 Å². The van der Waals surface area contributed by atoms with Gasteiger partial charge in [0.05, 0.1) is 18.8 Å². The summed E-state index contributed by atoms with van der Waals surface area (Å²) in [6, 6.07) is 10.2. The Labute approximate surface area is 200 Å². The van der Waals surface area contributed by atoms with Gasteiger partial charge < -0.3 is 15.1 Å². The number of aromatic nitrogens is 3. The molecule has 3 aromatic heterocycles. The van der Waals surface area contributed by atoms with Gasteiger partial charge in [0.25, 0.3) is 0 Å². The van der Waals surface area contributed by atoms with Gasteiger partial charge in [-0.1, -0.05) is 6.07 Å². The lowest BCUT2D eigenvalue weighted by molar-refractivity contribution is 0.221. The first-order valence-electron chi connectivity index (χ1n) is 10.9. The average Bonchev–Trinajstić information content (AvgIpc) is 3.54. The summed E-state index contributed by atoms with van der Waals surface area (Å²) >= 11 is 0. The third kappa shape index (κ3) is 6.19. The lowest BCUT2D eigenvalue weighted by Gasteiger charge is -2.24. The molecular weight excluding hydrogens is 505 g/mol. The summed E-state index contributed by atoms with van der Waals surface area (Å²) in [5, 5.41) is 15.3. The molecule has 0 amide bonds. The average molecular weight is 537 g/mol. The maximum atomic E-state index is 5.71. The third-order valence-electron chi connectivity index (χ3n) is 5.47. The molecule has 168 valence electrons. The molecule has 1 atom stereocenters. The summed E-state index contributed by atoms with van der Waals surface area (Å²) in [5.74, 6) is 2.83. The van der Waals surface area contributed by atoms with Crippen LogP contribution in [-0.2, 0) is 6.42 Å². The van der Waals surface area contributed by atoms with Crippen molar-refractivity contribution < 1.29 is 4.42 Å². The van der Waals surface area contributed by atoms with Crippen LogP contribution < -0.4 is 10.6 Å². The zero-order valence-corrected chi connectivity index (χ0v) is 20.4. The molecule has 0 aliphatic carbocycles. The number of hydrogen-bond donors (Lipinski definition) is 2. The number of hydrogen-bond acceptors (Lipinski definition) is 5. The van der Waals surface area contributed by atoms with Crippen molar-refractivity contribution in [2.24, 2.45) is 4.99 Å². The smallest absolute Gasteiger partial charge is 0.191 e. The zero-order valence-electron chi connectivity index (χ0n) is 18.0. The standard InChI is InChI=1S/C22H31N7O.HI/c1-2-23-22(24-12-7-11-21-27-26-20-10-3-4-15-29(20)21)25-17-18(19-9-8-16-30-19)28-13-5-6-14-28;/h3-4,8-10,15-16,18H,2,5-7,11-14,17H2,1H3,(H2,23,24,25);1H. The molecule has 1 unspecified atom stereocenters. The fourth-order valence-corrected chi connectivity index (χ4v) is 3.95. The molecule has 1 aliphatic heterocycles. The largest absolute Gasteiger partial charge is 0.468 e. The van der Waals surface area contributed by atoms with Crippen LogP contribution in [0.2, 0.25) is 0 Å². The highest BCUT2D eigenvalue weighted by Crippen LogP contribution is 2.25. The van der Waals surface area contributed by atoms with Crippen molar-refractivity contribution in [1.29, 1.82) is 0 Å². The molecule has 0 radical (unpaired) electrons. The first-order valence-corrected chi connectivity index (χ1v) is 10.9. The Bertz CT molecular complexity index is 934. The number of aryl methyl sites for hydroxylation is 1. The van der Waals surface area contributed by atoms with Crippen LogP contribution in [0.25, 0.3) is 5.65 Å². The van der Waals surface area contributed by atoms with Crippen molar-refractivity contribution in [2.45, 2.75) is 38.6 Å². The van der Waals surface area contributed by atoms with Crippen LogP contribution >= 0.6 is 24.0 Å². The molecular formula is C22H32IN7O. The van der Waals surface area contributed by atoms with Crippen molar-refractivity contribution >= 4 is 35.6 Å². The molecule has 0 bridgehead atoms. The molecule has 8 nitrogen and oxygen atoms in total. The van der Waals surface area contributed by atoms with E-state index in [1.54, 1.807) is 6.26 Å². The van der Waals surface area contributed by atoms with Gasteiger partial charge in [-0.15, -0.1) is 34.2 Å². The van der Waals surface area contributed by atoms with Gasteiger partial charge in [0, 0.05) is 25.7 Å². The molecule has 0 aromatic carbocycles. The van der Waals surface area contributed by atoms with E-state index in [2.05, 4.69) is 38.7 Å². The number of rotatable bonds is 9. The number of fused-ring (bicyclic) bond motifs is 1. The van der Waals surface area contributed by atoms with Gasteiger partial charge in [-0.2, -0.15) is 0 Å². The second-order valence-electron chi connectivity index (χ2n) is 7.57. The number of aliphatic imine (C=N–C) groups is 1. The summed E-state index contributed by atoms with van der Waals surface area (Å²) in [4.78, 5) is 7.33. The lowest BCUT2D eigenvalue weighted by atomic mass is 10.2. The first-order chi connectivity index (χ1) is 14.8. The van der Waals surface area contributed by atoms with E-state index in [4.69, 9.17) is 9.41 Å². The van der Waals surface area contributed by atoms with E-state index in [0.717, 1.165) is 62.2 Å². The van der Waals surface area contributed by atoms with Gasteiger partial charge in [0.1, 0.15) is 11.6 Å². The molecule has 3 aromatic rings. The Morgan fingerprint density at radius 1 is 1.16 bits per heavy atom. The summed E-state index contributed by atoms with van der Waals surface area (Å²) in [7, 11) is 0. The van der Waals surface area contributed by atoms with Gasteiger partial charge >= 0.3 is 0 Å². The highest BCUT2D eigenvalue weighted by molar-refractivity contribution is 14.0. The predicted molar refractivity (Wildman–Crippen MR) is 133 cm³/mol. The molecule has 1 fully saturated rings. The van der Waals surface area contributed by atoms with Crippen LogP contribution in [0, 0.1) is 0 Å². The Hall–Kier alpha value is -2.14. The van der Waals surface area contributed by atoms with Gasteiger partial charge in [0.2, 0.25) is 0 Å². The molecule has 0 saturated carbocycles. The molecule has 31 heavy (non-hydrogen) atoms. The van der Waals surface area contributed by atoms with Crippen molar-refractivity contribution in [2.75, 3.05) is 32.7 Å². The number of pyridine rings is 1. The predicted octanol–water partition coefficient (Wildman–Crippen LogP) is 3.27. The Kier molecular flexibility index (Phi) is 9.13. The SMILES string of the molecule is CCNC(=NCC(c1ccco1)N1CCCC1)NCCCc1nnc2ccccn12.I. The van der Waals surface area contributed by atoms with Crippen molar-refractivity contribution in [3.05, 3.63) is 54.4 Å². The minimum atomic E-state index is 0. The summed E-state index contributed by atoms with van der Waals surface area (Å²) < 4.78 is 7.75. The normalized spacial score (nSPS) is 15.7. The van der Waals surface area contributed by atoms with Gasteiger partial charge in [-0.25, -0.2) is 0 Å². The van der Waals surface area contributed by atoms with E-state index >= 15 is 0 Å². The molecule has 2 N–H and O–H groups in total. The number of halogens is 1. The zero-order chi connectivity index (χ0) is 20.6. The molecule has 0 spiro atoms. The van der Waals surface area contributed by atoms with E-state index in [1.807, 2.05) is 34.9 Å². The number of guanidine groups is 1. The van der Waals surface area contributed by atoms with E-state index < -0.39 is 0 Å². The Balaban J connectivity index is 0.00000272. The lowest BCUT2D eigenvalue weighted by Crippen LogP contribution is -2.39. The van der Waals surface area contributed by atoms with Gasteiger partial charge in [-0.05, 0) is 63.5 Å². The minimum absolute atomic E-state index is 0. The maximum absolute atomic E-state index is 5.71. The summed E-state index contributed by atoms with van der Waals surface area (Å²) in [6.07, 6.45) is 8.07. The van der Waals surface area contributed by atoms with E-state index in [9.17, 15) is 0 Å². The van der Waals surface area contributed by atoms with Crippen molar-refractivity contribution in [1.82, 2.24) is 30.1 Å². The highest BCUT2D eigenvalue weighted by Gasteiger charge is 2.25. The fourth-order valence-electron chi connectivity index (χ4n) is 3.95. The molecule has 9 heteroatoms. The molecule has 1 saturated heterocycles. The number of nitrogens with zero attached hydrogens (tertiary/aromatic N) is 5. The Morgan fingerprint density at radius 3 is 2.81 bits per heavy atom. The second kappa shape index (κ2) is 12.0. The third-order valence-corrected chi connectivity index (χ3v) is 5.47. The second-order valence-corrected chi connectivity index (χ2v) is 7.57. The summed E-state index contributed by atoms with van der Waals surface area (Å²) in [6.45, 7) is 6.63. The van der Waals surface area contributed by atoms with Crippen LogP contribution in [0.4, 0.5) is 0 Å². The topological polar surface area (TPSA) is 83.0 Å². The van der Waals surface area contributed by atoms with E-state index in [-0.39, 0.29) is 30.0 Å². The quantitative estimate of drug-likeness (QED) is 0.189. The van der Waals surface area contributed by atoms with E-state index in [1.165, 1.54) is 12.8 Å². The van der Waals surface area contributed by atoms with Crippen LogP contribution in [-0.4, -0.2) is 58.2 Å². The highest BCUT2D eigenvalue weighted by atomic mass is 127.